The quantitative estimate of drug-likeness (QED) is 0.179. The molecule has 60 heavy (non-hydrogen) atoms. The third-order valence-corrected chi connectivity index (χ3v) is 12.6. The fraction of sp³-hybridized carbons (Fsp3) is 0.354. The average Bonchev–Trinajstić information content (AvgIpc) is 3.67. The van der Waals surface area contributed by atoms with E-state index in [4.69, 9.17) is 14.2 Å². The highest BCUT2D eigenvalue weighted by Crippen LogP contribution is 2.38. The minimum absolute atomic E-state index is 0.0703. The lowest BCUT2D eigenvalue weighted by atomic mass is 9.89. The van der Waals surface area contributed by atoms with Gasteiger partial charge in [0.1, 0.15) is 5.75 Å². The van der Waals surface area contributed by atoms with Crippen LogP contribution in [0.2, 0.25) is 0 Å². The van der Waals surface area contributed by atoms with Gasteiger partial charge in [0, 0.05) is 87.1 Å². The Morgan fingerprint density at radius 3 is 2.32 bits per heavy atom. The number of phenols is 1. The van der Waals surface area contributed by atoms with Crippen LogP contribution < -0.4 is 14.4 Å². The van der Waals surface area contributed by atoms with Crippen molar-refractivity contribution in [1.29, 1.82) is 0 Å². The monoisotopic (exact) mass is 809 g/mol. The normalized spacial score (nSPS) is 17.6. The van der Waals surface area contributed by atoms with Crippen LogP contribution in [0.1, 0.15) is 61.5 Å². The van der Waals surface area contributed by atoms with E-state index in [1.54, 1.807) is 66.4 Å². The molecule has 1 saturated heterocycles. The van der Waals surface area contributed by atoms with Crippen LogP contribution in [0.5, 0.6) is 17.2 Å². The Balaban J connectivity index is 1.13. The Kier molecular flexibility index (Phi) is 11.1. The maximum Gasteiger partial charge on any atom is 0.415 e. The van der Waals surface area contributed by atoms with Gasteiger partial charge in [-0.15, -0.1) is 0 Å². The van der Waals surface area contributed by atoms with E-state index in [0.29, 0.717) is 61.0 Å². The zero-order valence-corrected chi connectivity index (χ0v) is 34.3. The molecule has 5 aromatic rings. The Morgan fingerprint density at radius 2 is 1.53 bits per heavy atom. The molecule has 0 saturated carbocycles. The predicted octanol–water partition coefficient (Wildman–Crippen LogP) is 6.94. The number of carbonyl (C=O) groups is 3. The van der Waals surface area contributed by atoms with Crippen molar-refractivity contribution in [3.05, 3.63) is 130 Å². The average molecular weight is 810 g/mol. The van der Waals surface area contributed by atoms with Gasteiger partial charge in [0.05, 0.1) is 25.9 Å². The third kappa shape index (κ3) is 7.73. The number of hydrogen-bond donors (Lipinski definition) is 1. The predicted molar refractivity (Wildman–Crippen MR) is 228 cm³/mol. The van der Waals surface area contributed by atoms with Crippen molar-refractivity contribution in [2.75, 3.05) is 58.5 Å². The van der Waals surface area contributed by atoms with Crippen LogP contribution in [0.3, 0.4) is 0 Å². The first-order valence-corrected chi connectivity index (χ1v) is 21.0. The van der Waals surface area contributed by atoms with E-state index in [9.17, 15) is 14.7 Å². The van der Waals surface area contributed by atoms with Crippen molar-refractivity contribution in [3.8, 4) is 28.5 Å². The summed E-state index contributed by atoms with van der Waals surface area (Å²) >= 11 is 0. The molecule has 12 heteroatoms. The highest BCUT2D eigenvalue weighted by Gasteiger charge is 2.36. The zero-order chi connectivity index (χ0) is 41.3. The van der Waals surface area contributed by atoms with E-state index in [-0.39, 0.29) is 30.2 Å². The van der Waals surface area contributed by atoms with Crippen LogP contribution in [0.15, 0.2) is 91.0 Å². The molecule has 4 aromatic carbocycles. The molecule has 4 aliphatic heterocycles. The number of fused-ring (bicyclic) bond motifs is 3. The van der Waals surface area contributed by atoms with E-state index in [2.05, 4.69) is 33.7 Å². The fourth-order valence-electron chi connectivity index (χ4n) is 9.30. The zero-order valence-electron chi connectivity index (χ0n) is 34.3. The van der Waals surface area contributed by atoms with Crippen molar-refractivity contribution in [3.63, 3.8) is 0 Å². The molecule has 1 fully saturated rings. The molecular weight excluding hydrogens is 759 g/mol. The number of hydrogen-bond acceptors (Lipinski definition) is 8. The second-order valence-electron chi connectivity index (χ2n) is 16.2. The molecule has 3 amide bonds. The topological polar surface area (TPSA) is 117 Å². The minimum atomic E-state index is -0.484. The Morgan fingerprint density at radius 1 is 0.783 bits per heavy atom. The lowest BCUT2D eigenvalue weighted by Crippen LogP contribution is -2.52. The molecule has 0 spiro atoms. The van der Waals surface area contributed by atoms with E-state index >= 15 is 4.79 Å². The lowest BCUT2D eigenvalue weighted by molar-refractivity contribution is 0.0193. The van der Waals surface area contributed by atoms with Crippen molar-refractivity contribution in [2.24, 2.45) is 0 Å². The van der Waals surface area contributed by atoms with E-state index < -0.39 is 6.09 Å². The van der Waals surface area contributed by atoms with E-state index in [0.717, 1.165) is 85.5 Å². The number of para-hydroxylation sites is 2. The second kappa shape index (κ2) is 16.9. The fourth-order valence-corrected chi connectivity index (χ4v) is 9.30. The number of morpholine rings is 1. The summed E-state index contributed by atoms with van der Waals surface area (Å²) in [6.45, 7) is 5.62. The Hall–Kier alpha value is -6.11. The first-order valence-electron chi connectivity index (χ1n) is 21.0. The lowest BCUT2D eigenvalue weighted by Gasteiger charge is -2.41. The summed E-state index contributed by atoms with van der Waals surface area (Å²) in [4.78, 5) is 51.3. The van der Waals surface area contributed by atoms with Gasteiger partial charge in [-0.1, -0.05) is 36.4 Å². The van der Waals surface area contributed by atoms with Gasteiger partial charge < -0.3 is 38.6 Å². The van der Waals surface area contributed by atoms with Gasteiger partial charge in [-0.25, -0.2) is 4.79 Å². The van der Waals surface area contributed by atoms with Crippen LogP contribution in [0, 0.1) is 0 Å². The number of ether oxygens (including phenoxy) is 3. The summed E-state index contributed by atoms with van der Waals surface area (Å²) in [5, 5.41) is 9.92. The molecule has 1 N–H and O–H groups in total. The number of aromatic nitrogens is 1. The summed E-state index contributed by atoms with van der Waals surface area (Å²) in [7, 11) is 3.30. The van der Waals surface area contributed by atoms with Gasteiger partial charge in [0.2, 0.25) is 0 Å². The number of aromatic hydroxyl groups is 1. The van der Waals surface area contributed by atoms with Crippen molar-refractivity contribution >= 4 is 23.6 Å². The van der Waals surface area contributed by atoms with Crippen LogP contribution in [-0.4, -0.2) is 102 Å². The van der Waals surface area contributed by atoms with Gasteiger partial charge in [-0.2, -0.15) is 0 Å². The molecule has 4 aliphatic rings. The molecule has 1 atom stereocenters. The third-order valence-electron chi connectivity index (χ3n) is 12.6. The first kappa shape index (κ1) is 39.4. The van der Waals surface area contributed by atoms with E-state index in [1.807, 2.05) is 29.2 Å². The highest BCUT2D eigenvalue weighted by atomic mass is 16.6. The molecule has 0 unspecified atom stereocenters. The number of nitrogens with zero attached hydrogens (tertiary/aromatic N) is 5. The Labute approximate surface area is 350 Å². The van der Waals surface area contributed by atoms with Crippen LogP contribution in [0.4, 0.5) is 10.5 Å². The number of methoxy groups -OCH3 is 1. The molecule has 1 aromatic heterocycles. The summed E-state index contributed by atoms with van der Waals surface area (Å²) in [5.74, 6) is 0.727. The number of anilines is 1. The second-order valence-corrected chi connectivity index (χ2v) is 16.2. The van der Waals surface area contributed by atoms with Crippen LogP contribution in [0.25, 0.3) is 11.3 Å². The Bertz CT molecular complexity index is 2420. The standard InChI is InChI=1S/C48H51N5O7/c1-49(36-14-16-38(54)17-15-36)46(55)41-28-43(52-19-8-7-11-42(41)52)39-26-33-18-20-51(48(57)60-45-13-6-5-12-44(45)58-2)29-35(33)27-40(39)47(56)53-30-34-10-4-3-9-32(34)25-37(53)31-50-21-23-59-24-22-50/h3-6,9-10,12-17,26-28,37,54H,7-8,11,18-25,29-31H2,1-2H3/t37-/m0/s1. The number of benzene rings is 4. The number of amides is 3. The molecule has 5 heterocycles. The smallest absolute Gasteiger partial charge is 0.415 e. The molecule has 12 nitrogen and oxygen atoms in total. The highest BCUT2D eigenvalue weighted by molar-refractivity contribution is 6.08. The summed E-state index contributed by atoms with van der Waals surface area (Å²) < 4.78 is 19.2. The molecule has 9 rings (SSSR count). The number of rotatable bonds is 8. The van der Waals surface area contributed by atoms with Crippen molar-refractivity contribution in [2.45, 2.75) is 57.8 Å². The van der Waals surface area contributed by atoms with Gasteiger partial charge in [-0.3, -0.25) is 14.5 Å². The SMILES string of the molecule is COc1ccccc1OC(=O)N1CCc2cc(-c3cc(C(=O)N(C)c4ccc(O)cc4)c4n3CCCC4)c(C(=O)N3Cc4ccccc4C[C@H]3CN3CCOCC3)cc2C1. The molecule has 0 radical (unpaired) electrons. The van der Waals surface area contributed by atoms with Gasteiger partial charge in [0.25, 0.3) is 11.8 Å². The molecular formula is C48H51N5O7. The van der Waals surface area contributed by atoms with Crippen LogP contribution >= 0.6 is 0 Å². The largest absolute Gasteiger partial charge is 0.508 e. The molecule has 0 aliphatic carbocycles. The molecule has 0 bridgehead atoms. The van der Waals surface area contributed by atoms with Gasteiger partial charge >= 0.3 is 6.09 Å². The minimum Gasteiger partial charge on any atom is -0.508 e. The number of carbonyl (C=O) groups excluding carboxylic acids is 3. The molecule has 310 valence electrons. The van der Waals surface area contributed by atoms with Crippen LogP contribution in [-0.2, 0) is 43.6 Å². The maximum absolute atomic E-state index is 15.6. The first-order chi connectivity index (χ1) is 29.2. The summed E-state index contributed by atoms with van der Waals surface area (Å²) in [6, 6.07) is 28.1. The summed E-state index contributed by atoms with van der Waals surface area (Å²) in [5.41, 5.74) is 8.78. The van der Waals surface area contributed by atoms with Gasteiger partial charge in [-0.05, 0) is 109 Å². The van der Waals surface area contributed by atoms with Crippen molar-refractivity contribution in [1.82, 2.24) is 19.3 Å². The van der Waals surface area contributed by atoms with Gasteiger partial charge in [0.15, 0.2) is 11.5 Å². The van der Waals surface area contributed by atoms with E-state index in [1.165, 1.54) is 5.56 Å². The number of phenolic OH excluding ortho intramolecular Hbond substituents is 1. The van der Waals surface area contributed by atoms with Crippen molar-refractivity contribution < 1.29 is 33.7 Å². The maximum atomic E-state index is 15.6. The summed E-state index contributed by atoms with van der Waals surface area (Å²) in [6.07, 6.45) is 3.48.